The summed E-state index contributed by atoms with van der Waals surface area (Å²) in [6.45, 7) is 3.48. The SMILES string of the molecule is CC(C)CC(=O)Cc1cc(C(F)(F)F)cc(C(F)(F)F)c1. The first-order valence-corrected chi connectivity index (χ1v) is 6.19. The van der Waals surface area contributed by atoms with Crippen molar-refractivity contribution in [3.63, 3.8) is 0 Å². The Morgan fingerprint density at radius 2 is 1.38 bits per heavy atom. The van der Waals surface area contributed by atoms with Gasteiger partial charge in [-0.1, -0.05) is 13.8 Å². The van der Waals surface area contributed by atoms with Gasteiger partial charge in [0, 0.05) is 12.8 Å². The molecule has 118 valence electrons. The average Bonchev–Trinajstić information content (AvgIpc) is 2.24. The Morgan fingerprint density at radius 1 is 0.952 bits per heavy atom. The lowest BCUT2D eigenvalue weighted by atomic mass is 9.97. The first-order valence-electron chi connectivity index (χ1n) is 6.19. The molecule has 7 heteroatoms. The minimum atomic E-state index is -4.89. The molecule has 1 aromatic rings. The highest BCUT2D eigenvalue weighted by atomic mass is 19.4. The molecule has 1 rings (SSSR count). The summed E-state index contributed by atoms with van der Waals surface area (Å²) < 4.78 is 75.8. The number of Topliss-reactive ketones (excluding diaryl/α,β-unsaturated/α-hetero) is 1. The number of hydrogen-bond donors (Lipinski definition) is 0. The molecule has 0 aliphatic heterocycles. The van der Waals surface area contributed by atoms with Crippen LogP contribution in [0.15, 0.2) is 18.2 Å². The van der Waals surface area contributed by atoms with Crippen LogP contribution in [0.4, 0.5) is 26.3 Å². The van der Waals surface area contributed by atoms with Crippen LogP contribution in [0.25, 0.3) is 0 Å². The summed E-state index contributed by atoms with van der Waals surface area (Å²) in [6, 6.07) is 1.23. The predicted molar refractivity (Wildman–Crippen MR) is 64.6 cm³/mol. The highest BCUT2D eigenvalue weighted by molar-refractivity contribution is 5.81. The summed E-state index contributed by atoms with van der Waals surface area (Å²) in [7, 11) is 0. The van der Waals surface area contributed by atoms with Gasteiger partial charge in [-0.25, -0.2) is 0 Å². The molecule has 0 aliphatic carbocycles. The number of hydrogen-bond acceptors (Lipinski definition) is 1. The summed E-state index contributed by atoms with van der Waals surface area (Å²) in [5.41, 5.74) is -3.07. The number of alkyl halides is 6. The van der Waals surface area contributed by atoms with Crippen LogP contribution in [-0.2, 0) is 23.6 Å². The van der Waals surface area contributed by atoms with Gasteiger partial charge in [0.15, 0.2) is 0 Å². The van der Waals surface area contributed by atoms with Crippen molar-refractivity contribution in [1.82, 2.24) is 0 Å². The third-order valence-electron chi connectivity index (χ3n) is 2.68. The van der Waals surface area contributed by atoms with Crippen molar-refractivity contribution in [3.05, 3.63) is 34.9 Å². The molecule has 0 aromatic heterocycles. The summed E-state index contributed by atoms with van der Waals surface area (Å²) in [5.74, 6) is -0.400. The number of rotatable bonds is 4. The maximum absolute atomic E-state index is 12.6. The number of benzene rings is 1. The lowest BCUT2D eigenvalue weighted by molar-refractivity contribution is -0.143. The largest absolute Gasteiger partial charge is 0.416 e. The Morgan fingerprint density at radius 3 is 1.71 bits per heavy atom. The zero-order chi connectivity index (χ0) is 16.4. The molecule has 0 radical (unpaired) electrons. The fraction of sp³-hybridized carbons (Fsp3) is 0.500. The Kier molecular flexibility index (Phi) is 5.07. The average molecular weight is 312 g/mol. The molecule has 0 spiro atoms. The van der Waals surface area contributed by atoms with Crippen LogP contribution in [-0.4, -0.2) is 5.78 Å². The molecule has 1 aromatic carbocycles. The van der Waals surface area contributed by atoms with Gasteiger partial charge in [0.1, 0.15) is 5.78 Å². The van der Waals surface area contributed by atoms with Gasteiger partial charge in [0.05, 0.1) is 11.1 Å². The van der Waals surface area contributed by atoms with Crippen LogP contribution in [0.3, 0.4) is 0 Å². The van der Waals surface area contributed by atoms with E-state index < -0.39 is 35.7 Å². The third kappa shape index (κ3) is 5.40. The highest BCUT2D eigenvalue weighted by Crippen LogP contribution is 2.36. The van der Waals surface area contributed by atoms with E-state index in [1.54, 1.807) is 13.8 Å². The van der Waals surface area contributed by atoms with Crippen molar-refractivity contribution >= 4 is 5.78 Å². The van der Waals surface area contributed by atoms with Gasteiger partial charge in [-0.05, 0) is 29.7 Å². The van der Waals surface area contributed by atoms with E-state index in [1.165, 1.54) is 0 Å². The standard InChI is InChI=1S/C14H14F6O/c1-8(2)3-12(21)6-9-4-10(13(15,16)17)7-11(5-9)14(18,19)20/h4-5,7-8H,3,6H2,1-2H3. The molecule has 0 N–H and O–H groups in total. The Labute approximate surface area is 118 Å². The summed E-state index contributed by atoms with van der Waals surface area (Å²) in [5, 5.41) is 0. The van der Waals surface area contributed by atoms with Crippen molar-refractivity contribution in [3.8, 4) is 0 Å². The number of carbonyl (C=O) groups is 1. The molecule has 1 nitrogen and oxygen atoms in total. The van der Waals surface area contributed by atoms with Gasteiger partial charge in [0.2, 0.25) is 0 Å². The molecule has 0 fully saturated rings. The van der Waals surface area contributed by atoms with Crippen LogP contribution >= 0.6 is 0 Å². The predicted octanol–water partition coefficient (Wildman–Crippen LogP) is 4.88. The second kappa shape index (κ2) is 6.07. The van der Waals surface area contributed by atoms with E-state index in [-0.39, 0.29) is 24.0 Å². The van der Waals surface area contributed by atoms with Crippen LogP contribution in [0.1, 0.15) is 37.0 Å². The van der Waals surface area contributed by atoms with E-state index in [0.717, 1.165) is 0 Å². The molecule has 0 bridgehead atoms. The van der Waals surface area contributed by atoms with Crippen molar-refractivity contribution in [1.29, 1.82) is 0 Å². The Hall–Kier alpha value is -1.53. The van der Waals surface area contributed by atoms with Crippen molar-refractivity contribution in [2.45, 2.75) is 39.0 Å². The minimum absolute atomic E-state index is 0.00890. The van der Waals surface area contributed by atoms with Crippen molar-refractivity contribution in [2.75, 3.05) is 0 Å². The van der Waals surface area contributed by atoms with Crippen LogP contribution < -0.4 is 0 Å². The maximum Gasteiger partial charge on any atom is 0.416 e. The van der Waals surface area contributed by atoms with Gasteiger partial charge in [-0.15, -0.1) is 0 Å². The topological polar surface area (TPSA) is 17.1 Å². The fourth-order valence-electron chi connectivity index (χ4n) is 1.88. The quantitative estimate of drug-likeness (QED) is 0.724. The second-order valence-electron chi connectivity index (χ2n) is 5.23. The molecule has 0 amide bonds. The van der Waals surface area contributed by atoms with E-state index in [0.29, 0.717) is 12.1 Å². The molecule has 0 saturated carbocycles. The van der Waals surface area contributed by atoms with E-state index in [9.17, 15) is 31.1 Å². The van der Waals surface area contributed by atoms with Gasteiger partial charge in [-0.2, -0.15) is 26.3 Å². The first-order chi connectivity index (χ1) is 9.39. The molecular formula is C14H14F6O. The normalized spacial score (nSPS) is 12.8. The Balaban J connectivity index is 3.17. The minimum Gasteiger partial charge on any atom is -0.299 e. The lowest BCUT2D eigenvalue weighted by Crippen LogP contribution is -2.13. The van der Waals surface area contributed by atoms with Crippen LogP contribution in [0, 0.1) is 5.92 Å². The maximum atomic E-state index is 12.6. The molecule has 0 aliphatic rings. The molecule has 0 atom stereocenters. The van der Waals surface area contributed by atoms with Gasteiger partial charge < -0.3 is 0 Å². The molecule has 0 heterocycles. The van der Waals surface area contributed by atoms with E-state index >= 15 is 0 Å². The molecule has 0 unspecified atom stereocenters. The zero-order valence-corrected chi connectivity index (χ0v) is 11.4. The van der Waals surface area contributed by atoms with Gasteiger partial charge in [0.25, 0.3) is 0 Å². The Bertz CT molecular complexity index is 481. The molecular weight excluding hydrogens is 298 g/mol. The summed E-state index contributed by atoms with van der Waals surface area (Å²) >= 11 is 0. The number of ketones is 1. The van der Waals surface area contributed by atoms with E-state index in [4.69, 9.17) is 0 Å². The van der Waals surface area contributed by atoms with Gasteiger partial charge >= 0.3 is 12.4 Å². The summed E-state index contributed by atoms with van der Waals surface area (Å²) in [6.07, 6.45) is -10.1. The smallest absolute Gasteiger partial charge is 0.299 e. The van der Waals surface area contributed by atoms with Crippen LogP contribution in [0.5, 0.6) is 0 Å². The molecule has 0 saturated heterocycles. The fourth-order valence-corrected chi connectivity index (χ4v) is 1.88. The second-order valence-corrected chi connectivity index (χ2v) is 5.23. The monoisotopic (exact) mass is 312 g/mol. The zero-order valence-electron chi connectivity index (χ0n) is 11.4. The third-order valence-corrected chi connectivity index (χ3v) is 2.68. The molecule has 21 heavy (non-hydrogen) atoms. The lowest BCUT2D eigenvalue weighted by Gasteiger charge is -2.14. The van der Waals surface area contributed by atoms with Crippen molar-refractivity contribution in [2.24, 2.45) is 5.92 Å². The van der Waals surface area contributed by atoms with E-state index in [1.807, 2.05) is 0 Å². The van der Waals surface area contributed by atoms with Crippen molar-refractivity contribution < 1.29 is 31.1 Å². The number of halogens is 6. The highest BCUT2D eigenvalue weighted by Gasteiger charge is 2.36. The van der Waals surface area contributed by atoms with Crippen LogP contribution in [0.2, 0.25) is 0 Å². The van der Waals surface area contributed by atoms with E-state index in [2.05, 4.69) is 0 Å². The van der Waals surface area contributed by atoms with Gasteiger partial charge in [-0.3, -0.25) is 4.79 Å². The number of carbonyl (C=O) groups excluding carboxylic acids is 1. The first kappa shape index (κ1) is 17.5. The summed E-state index contributed by atoms with van der Waals surface area (Å²) in [4.78, 5) is 11.6.